The third-order valence-electron chi connectivity index (χ3n) is 6.16. The van der Waals surface area contributed by atoms with Gasteiger partial charge in [0.25, 0.3) is 5.91 Å². The number of carbonyl (C=O) groups excluding carboxylic acids is 3. The number of carbonyl (C=O) groups is 3. The maximum absolute atomic E-state index is 12.8. The predicted molar refractivity (Wildman–Crippen MR) is 140 cm³/mol. The van der Waals surface area contributed by atoms with E-state index in [2.05, 4.69) is 16.0 Å². The van der Waals surface area contributed by atoms with Crippen LogP contribution in [0.1, 0.15) is 23.2 Å². The van der Waals surface area contributed by atoms with E-state index < -0.39 is 0 Å². The second-order valence-electron chi connectivity index (χ2n) is 8.68. The molecule has 3 aromatic rings. The first-order chi connectivity index (χ1) is 17.5. The van der Waals surface area contributed by atoms with Gasteiger partial charge >= 0.3 is 0 Å². The fourth-order valence-electron chi connectivity index (χ4n) is 4.17. The molecule has 1 saturated heterocycles. The van der Waals surface area contributed by atoms with Crippen molar-refractivity contribution in [3.05, 3.63) is 84.4 Å². The molecule has 8 nitrogen and oxygen atoms in total. The first kappa shape index (κ1) is 24.9. The van der Waals surface area contributed by atoms with Crippen LogP contribution in [-0.4, -0.2) is 49.4 Å². The molecule has 0 saturated carbocycles. The van der Waals surface area contributed by atoms with Crippen molar-refractivity contribution < 1.29 is 19.1 Å². The summed E-state index contributed by atoms with van der Waals surface area (Å²) in [6.07, 6.45) is 1.37. The molecule has 186 valence electrons. The van der Waals surface area contributed by atoms with Crippen molar-refractivity contribution in [2.75, 3.05) is 42.7 Å². The van der Waals surface area contributed by atoms with Gasteiger partial charge in [0.1, 0.15) is 5.75 Å². The van der Waals surface area contributed by atoms with Crippen LogP contribution in [-0.2, 0) is 9.59 Å². The Labute approximate surface area is 210 Å². The average molecular weight is 487 g/mol. The van der Waals surface area contributed by atoms with Gasteiger partial charge in [-0.15, -0.1) is 0 Å². The molecule has 4 rings (SSSR count). The summed E-state index contributed by atoms with van der Waals surface area (Å²) in [6.45, 7) is 1.50. The summed E-state index contributed by atoms with van der Waals surface area (Å²) in [7, 11) is 1.58. The number of methoxy groups -OCH3 is 1. The van der Waals surface area contributed by atoms with Crippen LogP contribution in [0.25, 0.3) is 0 Å². The van der Waals surface area contributed by atoms with Crippen LogP contribution in [0.3, 0.4) is 0 Å². The fraction of sp³-hybridized carbons (Fsp3) is 0.250. The number of benzene rings is 3. The Kier molecular flexibility index (Phi) is 8.31. The molecule has 1 heterocycles. The molecule has 0 spiro atoms. The van der Waals surface area contributed by atoms with E-state index in [1.165, 1.54) is 0 Å². The second-order valence-corrected chi connectivity index (χ2v) is 8.68. The zero-order chi connectivity index (χ0) is 25.3. The lowest BCUT2D eigenvalue weighted by atomic mass is 9.96. The summed E-state index contributed by atoms with van der Waals surface area (Å²) in [5, 5.41) is 8.67. The molecule has 8 heteroatoms. The summed E-state index contributed by atoms with van der Waals surface area (Å²) in [5.74, 6) is 0.115. The number of amides is 3. The molecule has 0 radical (unpaired) electrons. The van der Waals surface area contributed by atoms with Gasteiger partial charge in [0, 0.05) is 17.3 Å². The van der Waals surface area contributed by atoms with E-state index >= 15 is 0 Å². The molecule has 1 fully saturated rings. The van der Waals surface area contributed by atoms with Crippen LogP contribution in [0.2, 0.25) is 0 Å². The lowest BCUT2D eigenvalue weighted by Crippen LogP contribution is -2.41. The number of hydrogen-bond donors (Lipinski definition) is 3. The Morgan fingerprint density at radius 1 is 0.806 bits per heavy atom. The second kappa shape index (κ2) is 12.0. The van der Waals surface area contributed by atoms with Gasteiger partial charge in [0.05, 0.1) is 24.9 Å². The normalized spacial score (nSPS) is 14.0. The summed E-state index contributed by atoms with van der Waals surface area (Å²) in [6, 6.07) is 23.4. The molecule has 0 aromatic heterocycles. The maximum atomic E-state index is 12.8. The van der Waals surface area contributed by atoms with E-state index in [1.807, 2.05) is 35.2 Å². The number of anilines is 3. The van der Waals surface area contributed by atoms with Gasteiger partial charge in [-0.05, 0) is 74.5 Å². The standard InChI is InChI=1S/C28H30N4O4/c1-36-23-13-11-22(12-14-23)30-28(35)24-9-5-6-10-25(24)31-26(33)19-32-17-15-20(16-18-32)27(34)29-21-7-3-2-4-8-21/h2-14,20H,15-19H2,1H3,(H,29,34)(H,30,35)(H,31,33). The number of likely N-dealkylation sites (tertiary alicyclic amines) is 1. The Morgan fingerprint density at radius 3 is 2.14 bits per heavy atom. The minimum Gasteiger partial charge on any atom is -0.497 e. The number of hydrogen-bond acceptors (Lipinski definition) is 5. The van der Waals surface area contributed by atoms with Crippen LogP contribution in [0.5, 0.6) is 5.75 Å². The minimum absolute atomic E-state index is 0.0158. The summed E-state index contributed by atoms with van der Waals surface area (Å²) >= 11 is 0. The van der Waals surface area contributed by atoms with Gasteiger partial charge in [-0.1, -0.05) is 30.3 Å². The van der Waals surface area contributed by atoms with Gasteiger partial charge in [-0.25, -0.2) is 0 Å². The molecule has 0 bridgehead atoms. The number of nitrogens with zero attached hydrogens (tertiary/aromatic N) is 1. The molecule has 0 atom stereocenters. The van der Waals surface area contributed by atoms with E-state index in [4.69, 9.17) is 4.74 Å². The van der Waals surface area contributed by atoms with Crippen LogP contribution in [0.4, 0.5) is 17.1 Å². The molecule has 3 N–H and O–H groups in total. The predicted octanol–water partition coefficient (Wildman–Crippen LogP) is 4.24. The Bertz CT molecular complexity index is 1190. The quantitative estimate of drug-likeness (QED) is 0.442. The lowest BCUT2D eigenvalue weighted by Gasteiger charge is -2.30. The minimum atomic E-state index is -0.318. The maximum Gasteiger partial charge on any atom is 0.257 e. The molecule has 0 unspecified atom stereocenters. The third kappa shape index (κ3) is 6.70. The molecular weight excluding hydrogens is 456 g/mol. The van der Waals surface area contributed by atoms with Crippen LogP contribution in [0.15, 0.2) is 78.9 Å². The number of nitrogens with one attached hydrogen (secondary N) is 3. The van der Waals surface area contributed by atoms with Crippen LogP contribution >= 0.6 is 0 Å². The molecule has 36 heavy (non-hydrogen) atoms. The largest absolute Gasteiger partial charge is 0.497 e. The zero-order valence-corrected chi connectivity index (χ0v) is 20.2. The van der Waals surface area contributed by atoms with Gasteiger partial charge < -0.3 is 20.7 Å². The van der Waals surface area contributed by atoms with E-state index in [0.717, 1.165) is 5.69 Å². The van der Waals surface area contributed by atoms with Crippen LogP contribution < -0.4 is 20.7 Å². The Balaban J connectivity index is 1.28. The van der Waals surface area contributed by atoms with E-state index in [-0.39, 0.29) is 30.2 Å². The topological polar surface area (TPSA) is 99.8 Å². The highest BCUT2D eigenvalue weighted by molar-refractivity contribution is 6.10. The fourth-order valence-corrected chi connectivity index (χ4v) is 4.17. The van der Waals surface area contributed by atoms with Crippen molar-refractivity contribution in [3.63, 3.8) is 0 Å². The molecule has 1 aliphatic heterocycles. The van der Waals surface area contributed by atoms with Crippen molar-refractivity contribution in [2.45, 2.75) is 12.8 Å². The van der Waals surface area contributed by atoms with E-state index in [0.29, 0.717) is 48.6 Å². The summed E-state index contributed by atoms with van der Waals surface area (Å²) < 4.78 is 5.14. The molecule has 3 aromatic carbocycles. The van der Waals surface area contributed by atoms with Gasteiger partial charge in [0.15, 0.2) is 0 Å². The van der Waals surface area contributed by atoms with Gasteiger partial charge in [-0.3, -0.25) is 19.3 Å². The first-order valence-electron chi connectivity index (χ1n) is 11.9. The lowest BCUT2D eigenvalue weighted by molar-refractivity contribution is -0.121. The number of ether oxygens (including phenoxy) is 1. The molecule has 0 aliphatic carbocycles. The van der Waals surface area contributed by atoms with Gasteiger partial charge in [-0.2, -0.15) is 0 Å². The molecule has 1 aliphatic rings. The van der Waals surface area contributed by atoms with Crippen molar-refractivity contribution in [2.24, 2.45) is 5.92 Å². The monoisotopic (exact) mass is 486 g/mol. The van der Waals surface area contributed by atoms with Crippen molar-refractivity contribution in [3.8, 4) is 5.75 Å². The first-order valence-corrected chi connectivity index (χ1v) is 11.9. The smallest absolute Gasteiger partial charge is 0.257 e. The number of para-hydroxylation sites is 2. The highest BCUT2D eigenvalue weighted by atomic mass is 16.5. The SMILES string of the molecule is COc1ccc(NC(=O)c2ccccc2NC(=O)CN2CCC(C(=O)Nc3ccccc3)CC2)cc1. The van der Waals surface area contributed by atoms with Crippen molar-refractivity contribution in [1.29, 1.82) is 0 Å². The molecule has 3 amide bonds. The van der Waals surface area contributed by atoms with Gasteiger partial charge in [0.2, 0.25) is 11.8 Å². The number of rotatable bonds is 8. The van der Waals surface area contributed by atoms with Crippen molar-refractivity contribution >= 4 is 34.8 Å². The molecular formula is C28H30N4O4. The summed E-state index contributed by atoms with van der Waals surface area (Å²) in [5.41, 5.74) is 2.24. The number of piperidine rings is 1. The Morgan fingerprint density at radius 2 is 1.44 bits per heavy atom. The highest BCUT2D eigenvalue weighted by Gasteiger charge is 2.26. The van der Waals surface area contributed by atoms with E-state index in [1.54, 1.807) is 55.6 Å². The van der Waals surface area contributed by atoms with Crippen LogP contribution in [0, 0.1) is 5.92 Å². The zero-order valence-electron chi connectivity index (χ0n) is 20.2. The third-order valence-corrected chi connectivity index (χ3v) is 6.16. The highest BCUT2D eigenvalue weighted by Crippen LogP contribution is 2.21. The van der Waals surface area contributed by atoms with E-state index in [9.17, 15) is 14.4 Å². The van der Waals surface area contributed by atoms with Crippen molar-refractivity contribution in [1.82, 2.24) is 4.90 Å². The summed E-state index contributed by atoms with van der Waals surface area (Å²) in [4.78, 5) is 40.2. The Hall–Kier alpha value is -4.17. The average Bonchev–Trinajstić information content (AvgIpc) is 2.90.